The van der Waals surface area contributed by atoms with E-state index in [4.69, 9.17) is 0 Å². The van der Waals surface area contributed by atoms with Crippen LogP contribution in [-0.2, 0) is 6.42 Å². The van der Waals surface area contributed by atoms with Crippen LogP contribution < -0.4 is 0 Å². The van der Waals surface area contributed by atoms with Crippen LogP contribution in [0.15, 0.2) is 24.3 Å². The minimum atomic E-state index is 0.261. The van der Waals surface area contributed by atoms with Crippen molar-refractivity contribution in [3.63, 3.8) is 0 Å². The summed E-state index contributed by atoms with van der Waals surface area (Å²) in [7, 11) is 0. The number of aromatic nitrogens is 1. The number of nitrogens with one attached hydrogen (secondary N) is 1. The molecule has 2 N–H and O–H groups in total. The van der Waals surface area contributed by atoms with Crippen LogP contribution >= 0.6 is 0 Å². The number of H-pyrrole nitrogens is 1. The van der Waals surface area contributed by atoms with Gasteiger partial charge in [-0.3, -0.25) is 0 Å². The molecule has 19 heavy (non-hydrogen) atoms. The summed E-state index contributed by atoms with van der Waals surface area (Å²) < 4.78 is 0. The Morgan fingerprint density at radius 3 is 3.00 bits per heavy atom. The summed E-state index contributed by atoms with van der Waals surface area (Å²) in [6, 6.07) is 8.55. The Labute approximate surface area is 114 Å². The zero-order valence-corrected chi connectivity index (χ0v) is 11.5. The number of hydrogen-bond acceptors (Lipinski definition) is 2. The monoisotopic (exact) mass is 258 g/mol. The first-order chi connectivity index (χ1) is 9.33. The summed E-state index contributed by atoms with van der Waals surface area (Å²) in [6.45, 7) is 5.74. The summed E-state index contributed by atoms with van der Waals surface area (Å²) in [5.74, 6) is 0.426. The van der Waals surface area contributed by atoms with E-state index in [1.165, 1.54) is 22.2 Å². The molecule has 1 aromatic carbocycles. The van der Waals surface area contributed by atoms with Crippen LogP contribution in [0.2, 0.25) is 0 Å². The van der Waals surface area contributed by atoms with E-state index in [-0.39, 0.29) is 6.61 Å². The Kier molecular flexibility index (Phi) is 3.58. The standard InChI is InChI=1S/C16H22N2O/c1-2-18-9-7-14-13-5-3-4-6-15(13)17-16(14)12(11-18)8-10-19/h3-6,12,17,19H,2,7-11H2,1H3. The normalized spacial score (nSPS) is 20.4. The summed E-state index contributed by atoms with van der Waals surface area (Å²) in [6.07, 6.45) is 1.95. The number of fused-ring (bicyclic) bond motifs is 3. The van der Waals surface area contributed by atoms with Crippen molar-refractivity contribution in [1.29, 1.82) is 0 Å². The largest absolute Gasteiger partial charge is 0.396 e. The fourth-order valence-electron chi connectivity index (χ4n) is 3.28. The number of rotatable bonds is 3. The van der Waals surface area contributed by atoms with Crippen molar-refractivity contribution >= 4 is 10.9 Å². The number of para-hydroxylation sites is 1. The van der Waals surface area contributed by atoms with E-state index in [2.05, 4.69) is 41.1 Å². The van der Waals surface area contributed by atoms with Crippen molar-refractivity contribution < 1.29 is 5.11 Å². The highest BCUT2D eigenvalue weighted by Gasteiger charge is 2.25. The Bertz CT molecular complexity index is 561. The van der Waals surface area contributed by atoms with E-state index in [1.807, 2.05) is 0 Å². The molecule has 0 amide bonds. The minimum Gasteiger partial charge on any atom is -0.396 e. The molecule has 1 aliphatic heterocycles. The number of aliphatic hydroxyl groups is 1. The topological polar surface area (TPSA) is 39.3 Å². The van der Waals surface area contributed by atoms with Gasteiger partial charge in [-0.1, -0.05) is 25.1 Å². The Hall–Kier alpha value is -1.32. The van der Waals surface area contributed by atoms with Gasteiger partial charge in [0.1, 0.15) is 0 Å². The molecule has 1 atom stereocenters. The summed E-state index contributed by atoms with van der Waals surface area (Å²) in [5, 5.41) is 10.7. The second-order valence-corrected chi connectivity index (χ2v) is 5.42. The third-order valence-electron chi connectivity index (χ3n) is 4.34. The lowest BCUT2D eigenvalue weighted by Gasteiger charge is -2.22. The predicted molar refractivity (Wildman–Crippen MR) is 78.6 cm³/mol. The fourth-order valence-corrected chi connectivity index (χ4v) is 3.28. The van der Waals surface area contributed by atoms with Gasteiger partial charge < -0.3 is 15.0 Å². The molecule has 1 aliphatic rings. The van der Waals surface area contributed by atoms with Crippen molar-refractivity contribution in [2.75, 3.05) is 26.2 Å². The third kappa shape index (κ3) is 2.28. The van der Waals surface area contributed by atoms with Gasteiger partial charge in [0.2, 0.25) is 0 Å². The highest BCUT2D eigenvalue weighted by molar-refractivity contribution is 5.85. The van der Waals surface area contributed by atoms with E-state index in [1.54, 1.807) is 0 Å². The van der Waals surface area contributed by atoms with Gasteiger partial charge in [-0.05, 0) is 31.0 Å². The van der Waals surface area contributed by atoms with Crippen LogP contribution in [0, 0.1) is 0 Å². The number of nitrogens with zero attached hydrogens (tertiary/aromatic N) is 1. The average Bonchev–Trinajstić information content (AvgIpc) is 2.72. The van der Waals surface area contributed by atoms with Crippen LogP contribution in [-0.4, -0.2) is 41.2 Å². The number of benzene rings is 1. The van der Waals surface area contributed by atoms with Crippen molar-refractivity contribution in [2.24, 2.45) is 0 Å². The molecule has 1 aromatic heterocycles. The van der Waals surface area contributed by atoms with E-state index >= 15 is 0 Å². The zero-order chi connectivity index (χ0) is 13.2. The van der Waals surface area contributed by atoms with Gasteiger partial charge >= 0.3 is 0 Å². The van der Waals surface area contributed by atoms with Gasteiger partial charge in [-0.2, -0.15) is 0 Å². The molecule has 3 rings (SSSR count). The van der Waals surface area contributed by atoms with Crippen molar-refractivity contribution in [2.45, 2.75) is 25.7 Å². The second-order valence-electron chi connectivity index (χ2n) is 5.42. The molecule has 1 unspecified atom stereocenters. The lowest BCUT2D eigenvalue weighted by molar-refractivity contribution is 0.236. The predicted octanol–water partition coefficient (Wildman–Crippen LogP) is 2.51. The van der Waals surface area contributed by atoms with E-state index < -0.39 is 0 Å². The van der Waals surface area contributed by atoms with Crippen LogP contribution in [0.3, 0.4) is 0 Å². The lowest BCUT2D eigenvalue weighted by Crippen LogP contribution is -2.28. The van der Waals surface area contributed by atoms with Gasteiger partial charge in [-0.25, -0.2) is 0 Å². The zero-order valence-electron chi connectivity index (χ0n) is 11.5. The quantitative estimate of drug-likeness (QED) is 0.888. The molecule has 0 radical (unpaired) electrons. The molecule has 102 valence electrons. The van der Waals surface area contributed by atoms with Crippen molar-refractivity contribution in [3.05, 3.63) is 35.5 Å². The Morgan fingerprint density at radius 1 is 1.37 bits per heavy atom. The van der Waals surface area contributed by atoms with E-state index in [9.17, 15) is 5.11 Å². The number of aliphatic hydroxyl groups excluding tert-OH is 1. The van der Waals surface area contributed by atoms with Crippen LogP contribution in [0.1, 0.15) is 30.5 Å². The number of aromatic amines is 1. The van der Waals surface area contributed by atoms with Gasteiger partial charge in [0.25, 0.3) is 0 Å². The molecule has 0 saturated carbocycles. The molecule has 3 heteroatoms. The number of hydrogen-bond donors (Lipinski definition) is 2. The van der Waals surface area contributed by atoms with Gasteiger partial charge in [-0.15, -0.1) is 0 Å². The highest BCUT2D eigenvalue weighted by Crippen LogP contribution is 2.32. The van der Waals surface area contributed by atoms with Crippen LogP contribution in [0.4, 0.5) is 0 Å². The molecule has 3 nitrogen and oxygen atoms in total. The van der Waals surface area contributed by atoms with Crippen molar-refractivity contribution in [3.8, 4) is 0 Å². The molecule has 2 heterocycles. The molecular weight excluding hydrogens is 236 g/mol. The molecule has 0 fully saturated rings. The summed E-state index contributed by atoms with van der Waals surface area (Å²) >= 11 is 0. The summed E-state index contributed by atoms with van der Waals surface area (Å²) in [5.41, 5.74) is 4.05. The molecule has 0 aliphatic carbocycles. The Balaban J connectivity index is 2.06. The van der Waals surface area contributed by atoms with Gasteiger partial charge in [0.15, 0.2) is 0 Å². The second kappa shape index (κ2) is 5.35. The van der Waals surface area contributed by atoms with Crippen molar-refractivity contribution in [1.82, 2.24) is 9.88 Å². The molecule has 2 aromatic rings. The maximum absolute atomic E-state index is 9.34. The summed E-state index contributed by atoms with van der Waals surface area (Å²) in [4.78, 5) is 6.09. The van der Waals surface area contributed by atoms with E-state index in [0.717, 1.165) is 32.5 Å². The lowest BCUT2D eigenvalue weighted by atomic mass is 9.97. The highest BCUT2D eigenvalue weighted by atomic mass is 16.3. The maximum atomic E-state index is 9.34. The molecular formula is C16H22N2O. The first kappa shape index (κ1) is 12.7. The Morgan fingerprint density at radius 2 is 2.21 bits per heavy atom. The third-order valence-corrected chi connectivity index (χ3v) is 4.34. The maximum Gasteiger partial charge on any atom is 0.0459 e. The first-order valence-electron chi connectivity index (χ1n) is 7.26. The molecule has 0 bridgehead atoms. The average molecular weight is 258 g/mol. The van der Waals surface area contributed by atoms with Crippen LogP contribution in [0.5, 0.6) is 0 Å². The van der Waals surface area contributed by atoms with Crippen LogP contribution in [0.25, 0.3) is 10.9 Å². The fraction of sp³-hybridized carbons (Fsp3) is 0.500. The smallest absolute Gasteiger partial charge is 0.0459 e. The molecule has 0 saturated heterocycles. The SMILES string of the molecule is CCN1CCc2c([nH]c3ccccc23)C(CCO)C1. The first-order valence-corrected chi connectivity index (χ1v) is 7.26. The molecule has 0 spiro atoms. The van der Waals surface area contributed by atoms with Gasteiger partial charge in [0.05, 0.1) is 0 Å². The number of likely N-dealkylation sites (N-methyl/N-ethyl adjacent to an activating group) is 1. The van der Waals surface area contributed by atoms with Gasteiger partial charge in [0, 0.05) is 42.2 Å². The minimum absolute atomic E-state index is 0.261. The van der Waals surface area contributed by atoms with E-state index in [0.29, 0.717) is 5.92 Å².